The quantitative estimate of drug-likeness (QED) is 0.588. The van der Waals surface area contributed by atoms with Crippen LogP contribution in [0.3, 0.4) is 0 Å². The van der Waals surface area contributed by atoms with Crippen LogP contribution in [0, 0.1) is 5.41 Å². The van der Waals surface area contributed by atoms with Gasteiger partial charge in [0.05, 0.1) is 4.75 Å². The molecule has 0 saturated carbocycles. The predicted octanol–water partition coefficient (Wildman–Crippen LogP) is 4.15. The highest BCUT2D eigenvalue weighted by Crippen LogP contribution is 2.40. The van der Waals surface area contributed by atoms with E-state index in [0.717, 1.165) is 12.3 Å². The third kappa shape index (κ3) is 7.70. The highest BCUT2D eigenvalue weighted by Gasteiger charge is 2.36. The van der Waals surface area contributed by atoms with Crippen LogP contribution in [0.2, 0.25) is 0 Å². The Morgan fingerprint density at radius 1 is 1.00 bits per heavy atom. The molecule has 0 fully saturated rings. The fourth-order valence-corrected chi connectivity index (χ4v) is 4.15. The van der Waals surface area contributed by atoms with Gasteiger partial charge in [-0.05, 0) is 34.6 Å². The Morgan fingerprint density at radius 3 is 1.89 bits per heavy atom. The van der Waals surface area contributed by atoms with Crippen LogP contribution in [0.1, 0.15) is 55.4 Å². The van der Waals surface area contributed by atoms with Crippen LogP contribution in [0.5, 0.6) is 0 Å². The van der Waals surface area contributed by atoms with E-state index >= 15 is 0 Å². The molecule has 0 saturated heterocycles. The molecule has 0 radical (unpaired) electrons. The highest BCUT2D eigenvalue weighted by atomic mass is 33.1. The fourth-order valence-electron chi connectivity index (χ4n) is 1.60. The molecule has 18 heavy (non-hydrogen) atoms. The molecular formula is C14H29NOS2. The van der Waals surface area contributed by atoms with Crippen molar-refractivity contribution in [2.24, 2.45) is 5.41 Å². The summed E-state index contributed by atoms with van der Waals surface area (Å²) >= 11 is 0. The Morgan fingerprint density at radius 2 is 1.50 bits per heavy atom. The molecule has 0 aliphatic carbocycles. The molecule has 0 aromatic rings. The minimum absolute atomic E-state index is 0.169. The van der Waals surface area contributed by atoms with Crippen LogP contribution in [0.4, 0.5) is 0 Å². The number of carbonyl (C=O) groups excluding carboxylic acids is 1. The van der Waals surface area contributed by atoms with Crippen molar-refractivity contribution < 1.29 is 4.79 Å². The molecule has 0 bridgehead atoms. The predicted molar refractivity (Wildman–Crippen MR) is 86.3 cm³/mol. The topological polar surface area (TPSA) is 29.1 Å². The molecule has 0 rings (SSSR count). The molecule has 0 aromatic heterocycles. The molecule has 2 nitrogen and oxygen atoms in total. The molecule has 4 heteroatoms. The Hall–Kier alpha value is 0.330. The average molecular weight is 292 g/mol. The first kappa shape index (κ1) is 18.3. The van der Waals surface area contributed by atoms with E-state index in [0.29, 0.717) is 5.78 Å². The lowest BCUT2D eigenvalue weighted by Crippen LogP contribution is -2.38. The summed E-state index contributed by atoms with van der Waals surface area (Å²) in [7, 11) is 3.47. The van der Waals surface area contributed by atoms with Crippen LogP contribution >= 0.6 is 21.6 Å². The van der Waals surface area contributed by atoms with Crippen molar-refractivity contribution in [1.29, 1.82) is 0 Å². The maximum absolute atomic E-state index is 12.3. The van der Waals surface area contributed by atoms with Crippen molar-refractivity contribution in [3.05, 3.63) is 0 Å². The van der Waals surface area contributed by atoms with Gasteiger partial charge in [-0.2, -0.15) is 0 Å². The second-order valence-electron chi connectivity index (χ2n) is 7.17. The summed E-state index contributed by atoms with van der Waals surface area (Å²) in [5.41, 5.74) is -0.0946. The third-order valence-electron chi connectivity index (χ3n) is 2.34. The van der Waals surface area contributed by atoms with E-state index < -0.39 is 0 Å². The standard InChI is InChI=1S/C14H29NOS2/c1-12(2,3)11(16)14(7,8)18-17-10-9-15-13(4,5)6/h15H,9-10H2,1-8H3. The highest BCUT2D eigenvalue weighted by molar-refractivity contribution is 8.77. The monoisotopic (exact) mass is 291 g/mol. The summed E-state index contributed by atoms with van der Waals surface area (Å²) in [6.07, 6.45) is 0. The maximum atomic E-state index is 12.3. The zero-order valence-electron chi connectivity index (χ0n) is 13.1. The third-order valence-corrected chi connectivity index (χ3v) is 5.53. The van der Waals surface area contributed by atoms with Gasteiger partial charge in [-0.15, -0.1) is 0 Å². The second-order valence-corrected chi connectivity index (χ2v) is 10.2. The van der Waals surface area contributed by atoms with E-state index in [1.165, 1.54) is 0 Å². The van der Waals surface area contributed by atoms with Gasteiger partial charge in [0.15, 0.2) is 5.78 Å². The van der Waals surface area contributed by atoms with E-state index in [2.05, 4.69) is 26.1 Å². The second kappa shape index (κ2) is 6.67. The normalized spacial score (nSPS) is 13.8. The van der Waals surface area contributed by atoms with E-state index in [-0.39, 0.29) is 15.7 Å². The number of ketones is 1. The number of nitrogens with one attached hydrogen (secondary N) is 1. The zero-order valence-corrected chi connectivity index (χ0v) is 14.8. The molecule has 1 N–H and O–H groups in total. The average Bonchev–Trinajstić information content (AvgIpc) is 2.12. The zero-order chi connectivity index (χ0) is 14.6. The van der Waals surface area contributed by atoms with Gasteiger partial charge in [0.2, 0.25) is 0 Å². The van der Waals surface area contributed by atoms with Gasteiger partial charge < -0.3 is 5.32 Å². The summed E-state index contributed by atoms with van der Waals surface area (Å²) in [5, 5.41) is 3.45. The molecule has 0 aromatic carbocycles. The van der Waals surface area contributed by atoms with E-state index in [1.807, 2.05) is 34.6 Å². The molecule has 0 heterocycles. The van der Waals surface area contributed by atoms with Crippen LogP contribution in [-0.2, 0) is 4.79 Å². The first-order valence-electron chi connectivity index (χ1n) is 6.47. The molecule has 108 valence electrons. The molecule has 0 atom stereocenters. The van der Waals surface area contributed by atoms with Crippen LogP contribution in [-0.4, -0.2) is 28.4 Å². The van der Waals surface area contributed by atoms with Gasteiger partial charge in [-0.3, -0.25) is 4.79 Å². The maximum Gasteiger partial charge on any atom is 0.154 e. The minimum Gasteiger partial charge on any atom is -0.311 e. The first-order valence-corrected chi connectivity index (χ1v) is 8.79. The molecule has 0 spiro atoms. The van der Waals surface area contributed by atoms with Crippen molar-refractivity contribution in [3.63, 3.8) is 0 Å². The van der Waals surface area contributed by atoms with E-state index in [4.69, 9.17) is 0 Å². The fraction of sp³-hybridized carbons (Fsp3) is 0.929. The van der Waals surface area contributed by atoms with Crippen molar-refractivity contribution in [3.8, 4) is 0 Å². The van der Waals surface area contributed by atoms with Crippen LogP contribution in [0.15, 0.2) is 0 Å². The van der Waals surface area contributed by atoms with Gasteiger partial charge in [0.25, 0.3) is 0 Å². The van der Waals surface area contributed by atoms with Crippen molar-refractivity contribution >= 4 is 27.4 Å². The molecule has 0 aliphatic heterocycles. The molecule has 0 aliphatic rings. The van der Waals surface area contributed by atoms with Gasteiger partial charge in [0.1, 0.15) is 0 Å². The lowest BCUT2D eigenvalue weighted by molar-refractivity contribution is -0.127. The van der Waals surface area contributed by atoms with Gasteiger partial charge in [0, 0.05) is 23.3 Å². The van der Waals surface area contributed by atoms with Crippen molar-refractivity contribution in [2.75, 3.05) is 12.3 Å². The molecule has 0 unspecified atom stereocenters. The SMILES string of the molecule is CC(C)(C)NCCSSC(C)(C)C(=O)C(C)(C)C. The lowest BCUT2D eigenvalue weighted by Gasteiger charge is -2.29. The van der Waals surface area contributed by atoms with E-state index in [1.54, 1.807) is 21.6 Å². The van der Waals surface area contributed by atoms with Crippen LogP contribution in [0.25, 0.3) is 0 Å². The van der Waals surface area contributed by atoms with Gasteiger partial charge >= 0.3 is 0 Å². The number of Topliss-reactive ketones (excluding diaryl/α,β-unsaturated/α-hetero) is 1. The summed E-state index contributed by atoms with van der Waals surface area (Å²) in [5.74, 6) is 1.33. The number of hydrogen-bond donors (Lipinski definition) is 1. The Balaban J connectivity index is 4.03. The minimum atomic E-state index is -0.315. The van der Waals surface area contributed by atoms with Crippen molar-refractivity contribution in [2.45, 2.75) is 65.7 Å². The summed E-state index contributed by atoms with van der Waals surface area (Å²) in [4.78, 5) is 12.3. The molecule has 0 amide bonds. The largest absolute Gasteiger partial charge is 0.311 e. The summed E-state index contributed by atoms with van der Waals surface area (Å²) in [6, 6.07) is 0. The Kier molecular flexibility index (Phi) is 6.79. The smallest absolute Gasteiger partial charge is 0.154 e. The number of rotatable bonds is 6. The Labute approximate surface area is 121 Å². The van der Waals surface area contributed by atoms with Crippen molar-refractivity contribution in [1.82, 2.24) is 5.32 Å². The Bertz CT molecular complexity index is 274. The lowest BCUT2D eigenvalue weighted by atomic mass is 9.84. The van der Waals surface area contributed by atoms with Crippen LogP contribution < -0.4 is 5.32 Å². The number of carbonyl (C=O) groups is 1. The summed E-state index contributed by atoms with van der Waals surface area (Å²) in [6.45, 7) is 17.5. The van der Waals surface area contributed by atoms with Gasteiger partial charge in [-0.25, -0.2) is 0 Å². The number of hydrogen-bond acceptors (Lipinski definition) is 4. The molecular weight excluding hydrogens is 262 g/mol. The van der Waals surface area contributed by atoms with Gasteiger partial charge in [-0.1, -0.05) is 42.4 Å². The van der Waals surface area contributed by atoms with E-state index in [9.17, 15) is 4.79 Å². The summed E-state index contributed by atoms with van der Waals surface area (Å²) < 4.78 is -0.315. The first-order chi connectivity index (χ1) is 7.86.